The highest BCUT2D eigenvalue weighted by atomic mass is 32.2. The van der Waals surface area contributed by atoms with Gasteiger partial charge >= 0.3 is 0 Å². The summed E-state index contributed by atoms with van der Waals surface area (Å²) in [7, 11) is -2.43. The van der Waals surface area contributed by atoms with Gasteiger partial charge in [-0.1, -0.05) is 0 Å². The van der Waals surface area contributed by atoms with Crippen molar-refractivity contribution >= 4 is 21.4 Å². The van der Waals surface area contributed by atoms with Gasteiger partial charge in [-0.15, -0.1) is 0 Å². The second-order valence-corrected chi connectivity index (χ2v) is 6.69. The molecule has 0 aliphatic heterocycles. The number of nitrogens with one attached hydrogen (secondary N) is 3. The third-order valence-electron chi connectivity index (χ3n) is 3.20. The molecular weight excluding hydrogens is 296 g/mol. The molecule has 21 heavy (non-hydrogen) atoms. The molecule has 0 saturated heterocycles. The van der Waals surface area contributed by atoms with E-state index >= 15 is 0 Å². The van der Waals surface area contributed by atoms with Crippen molar-refractivity contribution in [3.63, 3.8) is 0 Å². The van der Waals surface area contributed by atoms with Gasteiger partial charge in [0.2, 0.25) is 10.0 Å². The lowest BCUT2D eigenvalue weighted by Gasteiger charge is -2.09. The highest BCUT2D eigenvalue weighted by Gasteiger charge is 2.21. The topological polar surface area (TPSA) is 113 Å². The lowest BCUT2D eigenvalue weighted by molar-refractivity contribution is -0.384. The van der Waals surface area contributed by atoms with E-state index in [1.165, 1.54) is 32.0 Å². The summed E-state index contributed by atoms with van der Waals surface area (Å²) in [6.45, 7) is 1.24. The van der Waals surface area contributed by atoms with Crippen molar-refractivity contribution < 1.29 is 13.3 Å². The number of hydrogen-bond donors (Lipinski definition) is 3. The van der Waals surface area contributed by atoms with Crippen LogP contribution in [0.2, 0.25) is 0 Å². The van der Waals surface area contributed by atoms with Gasteiger partial charge in [-0.2, -0.15) is 0 Å². The lowest BCUT2D eigenvalue weighted by Crippen LogP contribution is -2.24. The average Bonchev–Trinajstić information content (AvgIpc) is 3.27. The van der Waals surface area contributed by atoms with E-state index < -0.39 is 14.9 Å². The lowest BCUT2D eigenvalue weighted by atomic mass is 10.2. The molecule has 0 heterocycles. The standard InChI is InChI=1S/C12H18N4O4S/c1-13-21(19,20)10-4-5-11(12(8-10)16(17)18)15-7-6-14-9-2-3-9/h4-5,8-9,13-15H,2-3,6-7H2,1H3. The summed E-state index contributed by atoms with van der Waals surface area (Å²) in [6, 6.07) is 4.39. The molecule has 0 atom stereocenters. The van der Waals surface area contributed by atoms with Gasteiger partial charge in [0.1, 0.15) is 5.69 Å². The Morgan fingerprint density at radius 1 is 1.33 bits per heavy atom. The largest absolute Gasteiger partial charge is 0.378 e. The van der Waals surface area contributed by atoms with Crippen LogP contribution in [0.15, 0.2) is 23.1 Å². The van der Waals surface area contributed by atoms with E-state index in [0.717, 1.165) is 6.07 Å². The van der Waals surface area contributed by atoms with Crippen LogP contribution in [0, 0.1) is 10.1 Å². The molecule has 0 unspecified atom stereocenters. The number of sulfonamides is 1. The zero-order valence-corrected chi connectivity index (χ0v) is 12.4. The molecule has 1 fully saturated rings. The summed E-state index contributed by atoms with van der Waals surface area (Å²) in [5.41, 5.74) is 0.0606. The van der Waals surface area contributed by atoms with Crippen molar-refractivity contribution in [2.75, 3.05) is 25.5 Å². The second-order valence-electron chi connectivity index (χ2n) is 4.80. The maximum atomic E-state index is 11.7. The Bertz CT molecular complexity index is 628. The third-order valence-corrected chi connectivity index (χ3v) is 4.61. The Balaban J connectivity index is 2.10. The number of benzene rings is 1. The summed E-state index contributed by atoms with van der Waals surface area (Å²) in [5.74, 6) is 0. The number of rotatable bonds is 8. The average molecular weight is 314 g/mol. The summed E-state index contributed by atoms with van der Waals surface area (Å²) in [4.78, 5) is 10.4. The molecular formula is C12H18N4O4S. The van der Waals surface area contributed by atoms with Crippen LogP contribution in [-0.4, -0.2) is 39.5 Å². The molecule has 2 rings (SSSR count). The van der Waals surface area contributed by atoms with Gasteiger partial charge in [0.05, 0.1) is 9.82 Å². The molecule has 1 aromatic rings. The number of anilines is 1. The van der Waals surface area contributed by atoms with Crippen LogP contribution in [0.25, 0.3) is 0 Å². The Morgan fingerprint density at radius 2 is 2.05 bits per heavy atom. The van der Waals surface area contributed by atoms with Crippen molar-refractivity contribution in [1.29, 1.82) is 0 Å². The first kappa shape index (κ1) is 15.7. The maximum Gasteiger partial charge on any atom is 0.293 e. The molecule has 3 N–H and O–H groups in total. The van der Waals surface area contributed by atoms with Gasteiger partial charge in [0.25, 0.3) is 5.69 Å². The summed E-state index contributed by atoms with van der Waals surface area (Å²) in [5, 5.41) is 17.3. The fourth-order valence-electron chi connectivity index (χ4n) is 1.86. The summed E-state index contributed by atoms with van der Waals surface area (Å²) < 4.78 is 25.5. The molecule has 0 aromatic heterocycles. The molecule has 0 radical (unpaired) electrons. The van der Waals surface area contributed by atoms with Crippen molar-refractivity contribution in [2.45, 2.75) is 23.8 Å². The minimum absolute atomic E-state index is 0.127. The molecule has 8 nitrogen and oxygen atoms in total. The highest BCUT2D eigenvalue weighted by Crippen LogP contribution is 2.27. The molecule has 1 aliphatic rings. The van der Waals surface area contributed by atoms with E-state index in [-0.39, 0.29) is 10.6 Å². The van der Waals surface area contributed by atoms with Gasteiger partial charge in [-0.25, -0.2) is 13.1 Å². The normalized spacial score (nSPS) is 14.9. The number of hydrogen-bond acceptors (Lipinski definition) is 6. The predicted octanol–water partition coefficient (Wildman–Crippen LogP) is 0.667. The number of nitro benzene ring substituents is 1. The van der Waals surface area contributed by atoms with E-state index in [1.807, 2.05) is 0 Å². The first-order chi connectivity index (χ1) is 9.94. The Kier molecular flexibility index (Phi) is 4.76. The Hall–Kier alpha value is -1.71. The molecule has 0 amide bonds. The van der Waals surface area contributed by atoms with E-state index in [4.69, 9.17) is 0 Å². The van der Waals surface area contributed by atoms with Crippen molar-refractivity contribution in [2.24, 2.45) is 0 Å². The fourth-order valence-corrected chi connectivity index (χ4v) is 2.61. The van der Waals surface area contributed by atoms with Gasteiger partial charge in [-0.3, -0.25) is 10.1 Å². The summed E-state index contributed by atoms with van der Waals surface area (Å²) >= 11 is 0. The van der Waals surface area contributed by atoms with Crippen LogP contribution >= 0.6 is 0 Å². The van der Waals surface area contributed by atoms with E-state index in [1.54, 1.807) is 0 Å². The SMILES string of the molecule is CNS(=O)(=O)c1ccc(NCCNC2CC2)c([N+](=O)[O-])c1. The second kappa shape index (κ2) is 6.37. The van der Waals surface area contributed by atoms with E-state index in [0.29, 0.717) is 24.8 Å². The highest BCUT2D eigenvalue weighted by molar-refractivity contribution is 7.89. The van der Waals surface area contributed by atoms with Crippen LogP contribution in [0.5, 0.6) is 0 Å². The molecule has 1 aromatic carbocycles. The van der Waals surface area contributed by atoms with Crippen LogP contribution in [0.4, 0.5) is 11.4 Å². The summed E-state index contributed by atoms with van der Waals surface area (Å²) in [6.07, 6.45) is 2.35. The third kappa shape index (κ3) is 4.13. The molecule has 1 aliphatic carbocycles. The quantitative estimate of drug-likeness (QED) is 0.369. The molecule has 9 heteroatoms. The smallest absolute Gasteiger partial charge is 0.293 e. The van der Waals surface area contributed by atoms with Gasteiger partial charge in [0.15, 0.2) is 0 Å². The van der Waals surface area contributed by atoms with Crippen LogP contribution in [0.3, 0.4) is 0 Å². The minimum atomic E-state index is -3.69. The van der Waals surface area contributed by atoms with Crippen LogP contribution in [0.1, 0.15) is 12.8 Å². The van der Waals surface area contributed by atoms with Gasteiger partial charge < -0.3 is 10.6 Å². The minimum Gasteiger partial charge on any atom is -0.378 e. The first-order valence-electron chi connectivity index (χ1n) is 6.63. The molecule has 0 bridgehead atoms. The number of nitrogens with zero attached hydrogens (tertiary/aromatic N) is 1. The van der Waals surface area contributed by atoms with Crippen molar-refractivity contribution in [3.05, 3.63) is 28.3 Å². The maximum absolute atomic E-state index is 11.7. The Morgan fingerprint density at radius 3 is 2.62 bits per heavy atom. The fraction of sp³-hybridized carbons (Fsp3) is 0.500. The zero-order valence-electron chi connectivity index (χ0n) is 11.6. The van der Waals surface area contributed by atoms with Gasteiger partial charge in [0, 0.05) is 25.2 Å². The van der Waals surface area contributed by atoms with E-state index in [2.05, 4.69) is 15.4 Å². The zero-order chi connectivity index (χ0) is 15.5. The van der Waals surface area contributed by atoms with Crippen LogP contribution in [-0.2, 0) is 10.0 Å². The van der Waals surface area contributed by atoms with E-state index in [9.17, 15) is 18.5 Å². The van der Waals surface area contributed by atoms with Crippen LogP contribution < -0.4 is 15.4 Å². The number of nitro groups is 1. The molecule has 0 spiro atoms. The first-order valence-corrected chi connectivity index (χ1v) is 8.11. The van der Waals surface area contributed by atoms with Gasteiger partial charge in [-0.05, 0) is 32.0 Å². The molecule has 1 saturated carbocycles. The van der Waals surface area contributed by atoms with Crippen molar-refractivity contribution in [1.82, 2.24) is 10.0 Å². The van der Waals surface area contributed by atoms with Crippen molar-refractivity contribution in [3.8, 4) is 0 Å². The monoisotopic (exact) mass is 314 g/mol. The predicted molar refractivity (Wildman–Crippen MR) is 78.9 cm³/mol. The molecule has 116 valence electrons. The Labute approximate surface area is 123 Å².